The molecule has 0 saturated carbocycles. The van der Waals surface area contributed by atoms with E-state index in [1.807, 2.05) is 29.2 Å². The van der Waals surface area contributed by atoms with E-state index in [1.54, 1.807) is 23.1 Å². The number of hydrogen-bond acceptors (Lipinski definition) is 4. The van der Waals surface area contributed by atoms with Gasteiger partial charge in [-0.25, -0.2) is 4.79 Å². The Morgan fingerprint density at radius 2 is 1.84 bits per heavy atom. The number of amides is 3. The second-order valence-electron chi connectivity index (χ2n) is 7.99. The van der Waals surface area contributed by atoms with Gasteiger partial charge in [0.25, 0.3) is 0 Å². The fourth-order valence-corrected chi connectivity index (χ4v) is 4.55. The highest BCUT2D eigenvalue weighted by molar-refractivity contribution is 9.10. The molecule has 0 radical (unpaired) electrons. The summed E-state index contributed by atoms with van der Waals surface area (Å²) in [7, 11) is 0. The molecule has 2 aromatic carbocycles. The van der Waals surface area contributed by atoms with Crippen LogP contribution < -0.4 is 11.1 Å². The van der Waals surface area contributed by atoms with Crippen LogP contribution in [0, 0.1) is 0 Å². The SMILES string of the molecule is Nc1ccc(C(=O)CCC(=O)N2CCC(N3Cc4ccccc4NC3=O)CC2)cc1Br. The summed E-state index contributed by atoms with van der Waals surface area (Å²) in [6, 6.07) is 12.9. The molecule has 4 rings (SSSR count). The lowest BCUT2D eigenvalue weighted by Gasteiger charge is -2.40. The van der Waals surface area contributed by atoms with Gasteiger partial charge < -0.3 is 20.9 Å². The molecule has 3 N–H and O–H groups in total. The number of para-hydroxylation sites is 1. The highest BCUT2D eigenvalue weighted by Crippen LogP contribution is 2.28. The fourth-order valence-electron chi connectivity index (χ4n) is 4.17. The number of halogens is 1. The molecular weight excluding hydrogens is 460 g/mol. The van der Waals surface area contributed by atoms with Crippen molar-refractivity contribution in [3.05, 3.63) is 58.1 Å². The zero-order valence-electron chi connectivity index (χ0n) is 17.1. The number of fused-ring (bicyclic) bond motifs is 1. The van der Waals surface area contributed by atoms with Crippen LogP contribution in [0.4, 0.5) is 16.2 Å². The van der Waals surface area contributed by atoms with Gasteiger partial charge in [-0.2, -0.15) is 0 Å². The molecule has 0 spiro atoms. The van der Waals surface area contributed by atoms with E-state index in [-0.39, 0.29) is 36.6 Å². The number of benzene rings is 2. The first-order valence-electron chi connectivity index (χ1n) is 10.4. The van der Waals surface area contributed by atoms with Crippen LogP contribution in [0.1, 0.15) is 41.6 Å². The van der Waals surface area contributed by atoms with Gasteiger partial charge in [0.1, 0.15) is 0 Å². The van der Waals surface area contributed by atoms with E-state index in [0.29, 0.717) is 35.4 Å². The highest BCUT2D eigenvalue weighted by Gasteiger charge is 2.32. The summed E-state index contributed by atoms with van der Waals surface area (Å²) in [6.07, 6.45) is 1.82. The molecule has 3 amide bonds. The van der Waals surface area contributed by atoms with Crippen LogP contribution in [0.2, 0.25) is 0 Å². The molecule has 8 heteroatoms. The molecule has 1 saturated heterocycles. The molecule has 0 aromatic heterocycles. The zero-order valence-corrected chi connectivity index (χ0v) is 18.7. The Morgan fingerprint density at radius 3 is 2.58 bits per heavy atom. The Hall–Kier alpha value is -2.87. The van der Waals surface area contributed by atoms with E-state index >= 15 is 0 Å². The van der Waals surface area contributed by atoms with Crippen molar-refractivity contribution in [1.82, 2.24) is 9.80 Å². The summed E-state index contributed by atoms with van der Waals surface area (Å²) in [5, 5.41) is 2.95. The number of hydrogen-bond donors (Lipinski definition) is 2. The molecule has 0 aliphatic carbocycles. The standard InChI is InChI=1S/C23H25BrN4O3/c24-18-13-15(5-6-19(18)25)21(29)7-8-22(30)27-11-9-17(10-12-27)28-14-16-3-1-2-4-20(16)26-23(28)31/h1-6,13,17H,7-12,14,25H2,(H,26,31). The molecule has 0 bridgehead atoms. The first kappa shape index (κ1) is 21.4. The number of urea groups is 1. The van der Waals surface area contributed by atoms with Crippen LogP contribution >= 0.6 is 15.9 Å². The summed E-state index contributed by atoms with van der Waals surface area (Å²) >= 11 is 3.32. The zero-order chi connectivity index (χ0) is 22.0. The first-order chi connectivity index (χ1) is 14.9. The third-order valence-electron chi connectivity index (χ3n) is 6.01. The Kier molecular flexibility index (Phi) is 6.27. The number of nitrogens with two attached hydrogens (primary N) is 1. The number of carbonyl (C=O) groups excluding carboxylic acids is 3. The molecule has 7 nitrogen and oxygen atoms in total. The maximum Gasteiger partial charge on any atom is 0.322 e. The van der Waals surface area contributed by atoms with Crippen LogP contribution in [-0.4, -0.2) is 46.7 Å². The molecule has 31 heavy (non-hydrogen) atoms. The number of nitrogens with one attached hydrogen (secondary N) is 1. The van der Waals surface area contributed by atoms with Crippen LogP contribution in [0.3, 0.4) is 0 Å². The molecule has 2 aromatic rings. The van der Waals surface area contributed by atoms with Crippen molar-refractivity contribution in [1.29, 1.82) is 0 Å². The second-order valence-corrected chi connectivity index (χ2v) is 8.84. The molecule has 0 atom stereocenters. The van der Waals surface area contributed by atoms with Crippen LogP contribution in [0.5, 0.6) is 0 Å². The highest BCUT2D eigenvalue weighted by atomic mass is 79.9. The number of ketones is 1. The Bertz CT molecular complexity index is 1020. The van der Waals surface area contributed by atoms with Crippen LogP contribution in [-0.2, 0) is 11.3 Å². The van der Waals surface area contributed by atoms with Crippen molar-refractivity contribution in [3.8, 4) is 0 Å². The van der Waals surface area contributed by atoms with Crippen molar-refractivity contribution >= 4 is 45.0 Å². The maximum atomic E-state index is 12.6. The van der Waals surface area contributed by atoms with Gasteiger partial charge in [0.15, 0.2) is 5.78 Å². The van der Waals surface area contributed by atoms with Crippen molar-refractivity contribution in [2.24, 2.45) is 0 Å². The molecule has 2 aliphatic rings. The second kappa shape index (κ2) is 9.09. The average molecular weight is 485 g/mol. The van der Waals surface area contributed by atoms with E-state index in [1.165, 1.54) is 0 Å². The first-order valence-corrected chi connectivity index (χ1v) is 11.2. The number of anilines is 2. The van der Waals surface area contributed by atoms with Crippen molar-refractivity contribution in [3.63, 3.8) is 0 Å². The third kappa shape index (κ3) is 4.74. The molecule has 1 fully saturated rings. The molecule has 2 heterocycles. The lowest BCUT2D eigenvalue weighted by atomic mass is 10.00. The van der Waals surface area contributed by atoms with Crippen LogP contribution in [0.15, 0.2) is 46.9 Å². The van der Waals surface area contributed by atoms with Gasteiger partial charge in [0, 0.05) is 59.9 Å². The van der Waals surface area contributed by atoms with Crippen molar-refractivity contribution in [2.45, 2.75) is 38.3 Å². The minimum absolute atomic E-state index is 0.0187. The lowest BCUT2D eigenvalue weighted by molar-refractivity contribution is -0.132. The maximum absolute atomic E-state index is 12.6. The molecular formula is C23H25BrN4O3. The van der Waals surface area contributed by atoms with Gasteiger partial charge in [-0.05, 0) is 58.6 Å². The predicted molar refractivity (Wildman–Crippen MR) is 123 cm³/mol. The molecule has 162 valence electrons. The summed E-state index contributed by atoms with van der Waals surface area (Å²) in [4.78, 5) is 41.2. The predicted octanol–water partition coefficient (Wildman–Crippen LogP) is 4.03. The summed E-state index contributed by atoms with van der Waals surface area (Å²) in [5.74, 6) is -0.0951. The summed E-state index contributed by atoms with van der Waals surface area (Å²) < 4.78 is 0.677. The number of nitrogens with zero attached hydrogens (tertiary/aromatic N) is 2. The van der Waals surface area contributed by atoms with Gasteiger partial charge in [-0.3, -0.25) is 9.59 Å². The van der Waals surface area contributed by atoms with Gasteiger partial charge in [0.2, 0.25) is 5.91 Å². The Balaban J connectivity index is 1.27. The lowest BCUT2D eigenvalue weighted by Crippen LogP contribution is -2.51. The summed E-state index contributed by atoms with van der Waals surface area (Å²) in [5.41, 5.74) is 8.85. The third-order valence-corrected chi connectivity index (χ3v) is 6.69. The number of piperidine rings is 1. The summed E-state index contributed by atoms with van der Waals surface area (Å²) in [6.45, 7) is 1.78. The monoisotopic (exact) mass is 484 g/mol. The van der Waals surface area contributed by atoms with E-state index in [9.17, 15) is 14.4 Å². The van der Waals surface area contributed by atoms with Crippen LogP contribution in [0.25, 0.3) is 0 Å². The van der Waals surface area contributed by atoms with E-state index in [2.05, 4.69) is 21.2 Å². The number of nitrogen functional groups attached to an aromatic ring is 1. The van der Waals surface area contributed by atoms with E-state index in [4.69, 9.17) is 5.73 Å². The van der Waals surface area contributed by atoms with E-state index in [0.717, 1.165) is 24.1 Å². The van der Waals surface area contributed by atoms with Crippen molar-refractivity contribution < 1.29 is 14.4 Å². The minimum atomic E-state index is -0.0799. The Labute approximate surface area is 189 Å². The van der Waals surface area contributed by atoms with E-state index < -0.39 is 0 Å². The topological polar surface area (TPSA) is 95.7 Å². The van der Waals surface area contributed by atoms with Gasteiger partial charge in [-0.15, -0.1) is 0 Å². The Morgan fingerprint density at radius 1 is 1.10 bits per heavy atom. The largest absolute Gasteiger partial charge is 0.398 e. The van der Waals surface area contributed by atoms with Gasteiger partial charge in [-0.1, -0.05) is 18.2 Å². The number of Topliss-reactive ketones (excluding diaryl/α,β-unsaturated/α-hetero) is 1. The number of carbonyl (C=O) groups is 3. The number of rotatable bonds is 5. The smallest absolute Gasteiger partial charge is 0.322 e. The normalized spacial score (nSPS) is 16.6. The average Bonchev–Trinajstić information content (AvgIpc) is 2.78. The number of likely N-dealkylation sites (tertiary alicyclic amines) is 1. The quantitative estimate of drug-likeness (QED) is 0.494. The molecule has 0 unspecified atom stereocenters. The van der Waals surface area contributed by atoms with Crippen molar-refractivity contribution in [2.75, 3.05) is 24.1 Å². The van der Waals surface area contributed by atoms with Gasteiger partial charge >= 0.3 is 6.03 Å². The fraction of sp³-hybridized carbons (Fsp3) is 0.348. The minimum Gasteiger partial charge on any atom is -0.398 e. The van der Waals surface area contributed by atoms with Gasteiger partial charge in [0.05, 0.1) is 0 Å². The molecule has 2 aliphatic heterocycles.